The fourth-order valence-electron chi connectivity index (χ4n) is 6.48. The first-order valence-corrected chi connectivity index (χ1v) is 14.3. The normalized spacial score (nSPS) is 12.2. The summed E-state index contributed by atoms with van der Waals surface area (Å²) < 4.78 is 2.32. The van der Waals surface area contributed by atoms with Gasteiger partial charge in [0.2, 0.25) is 0 Å². The van der Waals surface area contributed by atoms with Crippen LogP contribution in [0.1, 0.15) is 0 Å². The lowest BCUT2D eigenvalue weighted by Gasteiger charge is -2.33. The van der Waals surface area contributed by atoms with E-state index in [9.17, 15) is 0 Å². The highest BCUT2D eigenvalue weighted by atomic mass is 15.2. The molecule has 9 rings (SSSR count). The summed E-state index contributed by atoms with van der Waals surface area (Å²) in [5, 5.41) is 4.97. The summed E-state index contributed by atoms with van der Waals surface area (Å²) in [7, 11) is 0. The number of rotatable bonds is 3. The number of hydrogen-bond acceptors (Lipinski definition) is 2. The minimum atomic E-state index is 0.963. The van der Waals surface area contributed by atoms with Crippen molar-refractivity contribution >= 4 is 49.6 Å². The monoisotopic (exact) mass is 535 g/mol. The van der Waals surface area contributed by atoms with Crippen LogP contribution in [0.2, 0.25) is 0 Å². The van der Waals surface area contributed by atoms with Crippen molar-refractivity contribution in [1.82, 2.24) is 9.55 Å². The molecule has 1 aliphatic heterocycles. The number of fused-ring (bicyclic) bond motifs is 4. The quantitative estimate of drug-likeness (QED) is 0.224. The van der Waals surface area contributed by atoms with Gasteiger partial charge in [0.25, 0.3) is 0 Å². The Labute approximate surface area is 243 Å². The predicted molar refractivity (Wildman–Crippen MR) is 175 cm³/mol. The lowest BCUT2D eigenvalue weighted by Crippen LogP contribution is -2.18. The lowest BCUT2D eigenvalue weighted by atomic mass is 9.98. The van der Waals surface area contributed by atoms with E-state index in [2.05, 4.69) is 155 Å². The van der Waals surface area contributed by atoms with E-state index in [1.807, 2.05) is 6.07 Å². The highest BCUT2D eigenvalue weighted by Crippen LogP contribution is 2.48. The van der Waals surface area contributed by atoms with E-state index in [0.29, 0.717) is 0 Å². The van der Waals surface area contributed by atoms with Crippen LogP contribution in [-0.4, -0.2) is 9.55 Å². The van der Waals surface area contributed by atoms with Gasteiger partial charge in [-0.1, -0.05) is 103 Å². The smallest absolute Gasteiger partial charge is 0.145 e. The number of hydrogen-bond donors (Lipinski definition) is 0. The Kier molecular flexibility index (Phi) is 4.90. The Bertz CT molecular complexity index is 2310. The maximum Gasteiger partial charge on any atom is 0.145 e. The SMILES string of the molecule is c1ccc(-c2nc3cccc4c3n2-c2ccccc2N4c2ccc3cc(-c4ccc5ccccc5c4)ccc3c2)cc1. The minimum Gasteiger partial charge on any atom is -0.306 e. The van der Waals surface area contributed by atoms with Crippen molar-refractivity contribution in [2.45, 2.75) is 0 Å². The summed E-state index contributed by atoms with van der Waals surface area (Å²) in [5.41, 5.74) is 10.2. The molecule has 0 N–H and O–H groups in total. The van der Waals surface area contributed by atoms with Crippen molar-refractivity contribution in [3.05, 3.63) is 152 Å². The first-order valence-electron chi connectivity index (χ1n) is 14.3. The number of anilines is 3. The van der Waals surface area contributed by atoms with Crippen molar-refractivity contribution in [2.24, 2.45) is 0 Å². The third-order valence-electron chi connectivity index (χ3n) is 8.46. The highest BCUT2D eigenvalue weighted by molar-refractivity contribution is 6.04. The summed E-state index contributed by atoms with van der Waals surface area (Å²) in [5.74, 6) is 0.963. The summed E-state index contributed by atoms with van der Waals surface area (Å²) in [4.78, 5) is 7.50. The second-order valence-corrected chi connectivity index (χ2v) is 10.9. The molecule has 196 valence electrons. The molecule has 0 spiro atoms. The van der Waals surface area contributed by atoms with Gasteiger partial charge in [-0.2, -0.15) is 0 Å². The largest absolute Gasteiger partial charge is 0.306 e. The van der Waals surface area contributed by atoms with Gasteiger partial charge in [0.05, 0.1) is 28.1 Å². The van der Waals surface area contributed by atoms with Crippen molar-refractivity contribution < 1.29 is 0 Å². The summed E-state index contributed by atoms with van der Waals surface area (Å²) in [6, 6.07) is 54.4. The number of nitrogens with zero attached hydrogens (tertiary/aromatic N) is 3. The molecule has 0 bridgehead atoms. The third kappa shape index (κ3) is 3.44. The van der Waals surface area contributed by atoms with Gasteiger partial charge >= 0.3 is 0 Å². The number of imidazole rings is 1. The molecule has 8 aromatic rings. The van der Waals surface area contributed by atoms with Crippen LogP contribution >= 0.6 is 0 Å². The van der Waals surface area contributed by atoms with Crippen LogP contribution in [0, 0.1) is 0 Å². The molecule has 0 saturated carbocycles. The minimum absolute atomic E-state index is 0.963. The zero-order chi connectivity index (χ0) is 27.6. The summed E-state index contributed by atoms with van der Waals surface area (Å²) in [6.45, 7) is 0. The van der Waals surface area contributed by atoms with Gasteiger partial charge in [0.15, 0.2) is 0 Å². The fraction of sp³-hybridized carbons (Fsp3) is 0. The lowest BCUT2D eigenvalue weighted by molar-refractivity contribution is 1.06. The first kappa shape index (κ1) is 23.1. The second-order valence-electron chi connectivity index (χ2n) is 10.9. The van der Waals surface area contributed by atoms with E-state index < -0.39 is 0 Å². The second kappa shape index (κ2) is 8.92. The number of benzene rings is 7. The molecule has 3 heteroatoms. The molecule has 2 heterocycles. The molecule has 0 aliphatic carbocycles. The summed E-state index contributed by atoms with van der Waals surface area (Å²) >= 11 is 0. The maximum atomic E-state index is 5.13. The molecule has 0 unspecified atom stereocenters. The Morgan fingerprint density at radius 1 is 0.405 bits per heavy atom. The molecule has 0 radical (unpaired) electrons. The van der Waals surface area contributed by atoms with Gasteiger partial charge in [-0.15, -0.1) is 0 Å². The zero-order valence-electron chi connectivity index (χ0n) is 22.8. The Balaban J connectivity index is 1.20. The van der Waals surface area contributed by atoms with Crippen molar-refractivity contribution in [1.29, 1.82) is 0 Å². The average Bonchev–Trinajstić information content (AvgIpc) is 3.46. The maximum absolute atomic E-state index is 5.13. The van der Waals surface area contributed by atoms with Crippen LogP contribution in [0.3, 0.4) is 0 Å². The molecule has 0 amide bonds. The van der Waals surface area contributed by atoms with E-state index in [1.165, 1.54) is 32.7 Å². The van der Waals surface area contributed by atoms with E-state index in [0.717, 1.165) is 45.2 Å². The predicted octanol–water partition coefficient (Wildman–Crippen LogP) is 10.4. The standard InChI is InChI=1S/C39H25N3/c1-2-10-27(11-3-1)39-40-34-13-8-16-37-38(34)42(39)36-15-7-6-14-35(36)41(37)33-22-21-31-24-30(19-20-32(31)25-33)29-18-17-26-9-4-5-12-28(26)23-29/h1-25H. The molecule has 1 aliphatic rings. The van der Waals surface area contributed by atoms with Crippen LogP contribution in [0.5, 0.6) is 0 Å². The van der Waals surface area contributed by atoms with Gasteiger partial charge in [-0.3, -0.25) is 4.57 Å². The van der Waals surface area contributed by atoms with Crippen LogP contribution < -0.4 is 4.90 Å². The van der Waals surface area contributed by atoms with Gasteiger partial charge < -0.3 is 4.90 Å². The first-order chi connectivity index (χ1) is 20.8. The third-order valence-corrected chi connectivity index (χ3v) is 8.46. The summed E-state index contributed by atoms with van der Waals surface area (Å²) in [6.07, 6.45) is 0. The molecule has 42 heavy (non-hydrogen) atoms. The Hall–Kier alpha value is -5.67. The van der Waals surface area contributed by atoms with Crippen molar-refractivity contribution in [3.8, 4) is 28.2 Å². The number of para-hydroxylation sites is 3. The van der Waals surface area contributed by atoms with Gasteiger partial charge in [0.1, 0.15) is 5.82 Å². The van der Waals surface area contributed by atoms with Crippen LogP contribution in [-0.2, 0) is 0 Å². The van der Waals surface area contributed by atoms with Gasteiger partial charge in [0, 0.05) is 11.3 Å². The van der Waals surface area contributed by atoms with Crippen LogP contribution in [0.15, 0.2) is 152 Å². The van der Waals surface area contributed by atoms with E-state index in [4.69, 9.17) is 4.98 Å². The molecule has 0 fully saturated rings. The molecule has 0 atom stereocenters. The van der Waals surface area contributed by atoms with Gasteiger partial charge in [-0.05, 0) is 81.2 Å². The Morgan fingerprint density at radius 2 is 1.02 bits per heavy atom. The van der Waals surface area contributed by atoms with Crippen LogP contribution in [0.4, 0.5) is 17.1 Å². The molecule has 0 saturated heterocycles. The van der Waals surface area contributed by atoms with E-state index in [1.54, 1.807) is 0 Å². The average molecular weight is 536 g/mol. The zero-order valence-corrected chi connectivity index (χ0v) is 22.8. The topological polar surface area (TPSA) is 21.1 Å². The fourth-order valence-corrected chi connectivity index (χ4v) is 6.48. The van der Waals surface area contributed by atoms with Gasteiger partial charge in [-0.25, -0.2) is 4.98 Å². The Morgan fingerprint density at radius 3 is 1.86 bits per heavy atom. The molecular formula is C39H25N3. The molecular weight excluding hydrogens is 510 g/mol. The van der Waals surface area contributed by atoms with E-state index in [-0.39, 0.29) is 0 Å². The van der Waals surface area contributed by atoms with Crippen LogP contribution in [0.25, 0.3) is 60.8 Å². The number of aromatic nitrogens is 2. The van der Waals surface area contributed by atoms with Crippen molar-refractivity contribution in [2.75, 3.05) is 4.90 Å². The molecule has 3 nitrogen and oxygen atoms in total. The molecule has 7 aromatic carbocycles. The highest BCUT2D eigenvalue weighted by Gasteiger charge is 2.29. The van der Waals surface area contributed by atoms with Crippen molar-refractivity contribution in [3.63, 3.8) is 0 Å². The van der Waals surface area contributed by atoms with E-state index >= 15 is 0 Å². The molecule has 1 aromatic heterocycles.